The average molecular weight is 589 g/mol. The molecule has 3 heterocycles. The van der Waals surface area contributed by atoms with Gasteiger partial charge in [-0.25, -0.2) is 14.6 Å². The zero-order valence-corrected chi connectivity index (χ0v) is 24.4. The molecule has 0 aliphatic carbocycles. The van der Waals surface area contributed by atoms with E-state index in [1.54, 1.807) is 74.5 Å². The van der Waals surface area contributed by atoms with Gasteiger partial charge < -0.3 is 23.4 Å². The van der Waals surface area contributed by atoms with Gasteiger partial charge in [0, 0.05) is 11.6 Å². The second kappa shape index (κ2) is 11.9. The third kappa shape index (κ3) is 5.14. The Bertz CT molecular complexity index is 1900. The van der Waals surface area contributed by atoms with E-state index in [4.69, 9.17) is 23.4 Å². The zero-order valence-electron chi connectivity index (χ0n) is 23.6. The van der Waals surface area contributed by atoms with E-state index in [9.17, 15) is 14.4 Å². The number of benzene rings is 2. The Kier molecular flexibility index (Phi) is 8.12. The lowest BCUT2D eigenvalue weighted by molar-refractivity contribution is -0.139. The Balaban J connectivity index is 1.65. The van der Waals surface area contributed by atoms with E-state index in [-0.39, 0.29) is 17.7 Å². The van der Waals surface area contributed by atoms with Gasteiger partial charge in [-0.2, -0.15) is 0 Å². The second-order valence-corrected chi connectivity index (χ2v) is 10.2. The van der Waals surface area contributed by atoms with E-state index in [2.05, 4.69) is 4.99 Å². The van der Waals surface area contributed by atoms with E-state index in [1.165, 1.54) is 37.2 Å². The summed E-state index contributed by atoms with van der Waals surface area (Å²) in [5.74, 6) is 0.755. The number of methoxy groups -OCH3 is 3. The monoisotopic (exact) mass is 588 g/mol. The lowest BCUT2D eigenvalue weighted by atomic mass is 9.95. The number of rotatable bonds is 8. The molecule has 2 aromatic heterocycles. The predicted molar refractivity (Wildman–Crippen MR) is 155 cm³/mol. The number of furan rings is 1. The second-order valence-electron chi connectivity index (χ2n) is 9.16. The van der Waals surface area contributed by atoms with Crippen LogP contribution in [-0.4, -0.2) is 44.4 Å². The molecule has 0 spiro atoms. The number of carbonyl (C=O) groups is 2. The third-order valence-corrected chi connectivity index (χ3v) is 7.72. The highest BCUT2D eigenvalue weighted by molar-refractivity contribution is 7.07. The molecule has 1 unspecified atom stereocenters. The largest absolute Gasteiger partial charge is 0.493 e. The van der Waals surface area contributed by atoms with Crippen LogP contribution in [0.5, 0.6) is 11.5 Å². The van der Waals surface area contributed by atoms with Crippen molar-refractivity contribution < 1.29 is 33.0 Å². The van der Waals surface area contributed by atoms with Crippen molar-refractivity contribution in [2.45, 2.75) is 19.9 Å². The van der Waals surface area contributed by atoms with Crippen molar-refractivity contribution in [1.29, 1.82) is 0 Å². The van der Waals surface area contributed by atoms with Crippen molar-refractivity contribution in [3.63, 3.8) is 0 Å². The molecule has 0 radical (unpaired) electrons. The first-order valence-electron chi connectivity index (χ1n) is 13.0. The maximum absolute atomic E-state index is 13.9. The molecule has 4 aromatic rings. The number of esters is 2. The number of nitrogens with zero attached hydrogens (tertiary/aromatic N) is 2. The summed E-state index contributed by atoms with van der Waals surface area (Å²) in [6, 6.07) is 14.8. The van der Waals surface area contributed by atoms with Crippen LogP contribution in [0.15, 0.2) is 80.1 Å². The molecular weight excluding hydrogens is 560 g/mol. The van der Waals surface area contributed by atoms with Crippen molar-refractivity contribution in [2.24, 2.45) is 4.99 Å². The summed E-state index contributed by atoms with van der Waals surface area (Å²) in [5.41, 5.74) is 1.88. The van der Waals surface area contributed by atoms with E-state index >= 15 is 0 Å². The SMILES string of the molecule is CCOC(=O)C1=C(C)N=c2s/c(=C/c3ccc(-c4ccccc4C(=O)OC)o3)c(=O)n2C1c1ccc(OC)c(OC)c1. The number of hydrogen-bond acceptors (Lipinski definition) is 10. The van der Waals surface area contributed by atoms with Gasteiger partial charge in [0.15, 0.2) is 16.3 Å². The van der Waals surface area contributed by atoms with Gasteiger partial charge in [-0.3, -0.25) is 9.36 Å². The Morgan fingerprint density at radius 3 is 2.50 bits per heavy atom. The normalized spacial score (nSPS) is 14.7. The molecule has 1 aliphatic heterocycles. The Labute approximate surface area is 244 Å². The number of allylic oxidation sites excluding steroid dienone is 1. The van der Waals surface area contributed by atoms with Crippen LogP contribution >= 0.6 is 11.3 Å². The third-order valence-electron chi connectivity index (χ3n) is 6.74. The van der Waals surface area contributed by atoms with E-state index in [0.29, 0.717) is 54.7 Å². The number of carbonyl (C=O) groups excluding carboxylic acids is 2. The molecule has 216 valence electrons. The molecule has 42 heavy (non-hydrogen) atoms. The standard InChI is InChI=1S/C31H28N2O8S/c1-6-40-30(36)26-17(2)32-31-33(27(26)18-11-13-23(37-3)24(15-18)38-4)28(34)25(42-31)16-19-12-14-22(41-19)20-9-7-8-10-21(20)29(35)39-5/h7-16,27H,6H2,1-5H3/b25-16+. The molecule has 0 saturated heterocycles. The average Bonchev–Trinajstić information content (AvgIpc) is 3.59. The quantitative estimate of drug-likeness (QED) is 0.285. The van der Waals surface area contributed by atoms with Crippen LogP contribution in [0.2, 0.25) is 0 Å². The fourth-order valence-corrected chi connectivity index (χ4v) is 5.85. The van der Waals surface area contributed by atoms with E-state index in [1.807, 2.05) is 0 Å². The van der Waals surface area contributed by atoms with Gasteiger partial charge in [0.1, 0.15) is 11.5 Å². The summed E-state index contributed by atoms with van der Waals surface area (Å²) >= 11 is 1.17. The lowest BCUT2D eigenvalue weighted by Gasteiger charge is -2.25. The summed E-state index contributed by atoms with van der Waals surface area (Å²) < 4.78 is 29.0. The van der Waals surface area contributed by atoms with Crippen LogP contribution in [0, 0.1) is 0 Å². The molecule has 10 nitrogen and oxygen atoms in total. The van der Waals surface area contributed by atoms with Gasteiger partial charge in [-0.05, 0) is 49.7 Å². The molecular formula is C31H28N2O8S. The predicted octanol–water partition coefficient (Wildman–Crippen LogP) is 3.86. The minimum Gasteiger partial charge on any atom is -0.493 e. The molecule has 5 rings (SSSR count). The molecule has 0 saturated carbocycles. The fraction of sp³-hybridized carbons (Fsp3) is 0.226. The highest BCUT2D eigenvalue weighted by Gasteiger charge is 2.34. The van der Waals surface area contributed by atoms with Gasteiger partial charge in [0.2, 0.25) is 0 Å². The van der Waals surface area contributed by atoms with Crippen LogP contribution in [0.3, 0.4) is 0 Å². The molecule has 1 aliphatic rings. The number of fused-ring (bicyclic) bond motifs is 1. The van der Waals surface area contributed by atoms with E-state index < -0.39 is 18.0 Å². The van der Waals surface area contributed by atoms with Crippen molar-refractivity contribution in [2.75, 3.05) is 27.9 Å². The Morgan fingerprint density at radius 2 is 1.79 bits per heavy atom. The minimum absolute atomic E-state index is 0.165. The first kappa shape index (κ1) is 28.6. The zero-order chi connectivity index (χ0) is 30.0. The molecule has 0 fully saturated rings. The Morgan fingerprint density at radius 1 is 1.02 bits per heavy atom. The summed E-state index contributed by atoms with van der Waals surface area (Å²) in [4.78, 5) is 44.3. The van der Waals surface area contributed by atoms with Gasteiger partial charge in [0.05, 0.1) is 55.3 Å². The topological polar surface area (TPSA) is 119 Å². The van der Waals surface area contributed by atoms with Crippen LogP contribution in [0.1, 0.15) is 41.6 Å². The van der Waals surface area contributed by atoms with Gasteiger partial charge in [-0.1, -0.05) is 35.6 Å². The summed E-state index contributed by atoms with van der Waals surface area (Å²) in [7, 11) is 4.36. The molecule has 2 aromatic carbocycles. The van der Waals surface area contributed by atoms with Gasteiger partial charge in [0.25, 0.3) is 5.56 Å². The van der Waals surface area contributed by atoms with Crippen molar-refractivity contribution in [1.82, 2.24) is 4.57 Å². The molecule has 1 atom stereocenters. The highest BCUT2D eigenvalue weighted by atomic mass is 32.1. The highest BCUT2D eigenvalue weighted by Crippen LogP contribution is 2.36. The lowest BCUT2D eigenvalue weighted by Crippen LogP contribution is -2.39. The maximum atomic E-state index is 13.9. The first-order chi connectivity index (χ1) is 20.3. The van der Waals surface area contributed by atoms with Gasteiger partial charge >= 0.3 is 11.9 Å². The number of hydrogen-bond donors (Lipinski definition) is 0. The van der Waals surface area contributed by atoms with Crippen LogP contribution in [0.4, 0.5) is 0 Å². The van der Waals surface area contributed by atoms with Crippen molar-refractivity contribution >= 4 is 29.4 Å². The van der Waals surface area contributed by atoms with Crippen LogP contribution in [-0.2, 0) is 14.3 Å². The van der Waals surface area contributed by atoms with E-state index in [0.717, 1.165) is 0 Å². The number of thiazole rings is 1. The summed E-state index contributed by atoms with van der Waals surface area (Å²) in [5, 5.41) is 0. The molecule has 0 bridgehead atoms. The molecule has 11 heteroatoms. The summed E-state index contributed by atoms with van der Waals surface area (Å²) in [6.45, 7) is 3.60. The van der Waals surface area contributed by atoms with Crippen LogP contribution in [0.25, 0.3) is 17.4 Å². The van der Waals surface area contributed by atoms with Crippen molar-refractivity contribution in [3.05, 3.63) is 102 Å². The molecule has 0 N–H and O–H groups in total. The van der Waals surface area contributed by atoms with Crippen molar-refractivity contribution in [3.8, 4) is 22.8 Å². The number of ether oxygens (including phenoxy) is 4. The first-order valence-corrected chi connectivity index (χ1v) is 13.8. The minimum atomic E-state index is -0.818. The molecule has 0 amide bonds. The smallest absolute Gasteiger partial charge is 0.338 e. The van der Waals surface area contributed by atoms with Crippen LogP contribution < -0.4 is 24.4 Å². The number of aromatic nitrogens is 1. The Hall–Kier alpha value is -4.90. The van der Waals surface area contributed by atoms with Gasteiger partial charge in [-0.15, -0.1) is 0 Å². The summed E-state index contributed by atoms with van der Waals surface area (Å²) in [6.07, 6.45) is 1.61. The fourth-order valence-electron chi connectivity index (χ4n) is 4.82. The maximum Gasteiger partial charge on any atom is 0.338 e.